The Balaban J connectivity index is 2.01. The quantitative estimate of drug-likeness (QED) is 0.798. The van der Waals surface area contributed by atoms with Crippen molar-refractivity contribution in [1.29, 1.82) is 0 Å². The van der Waals surface area contributed by atoms with Crippen molar-refractivity contribution < 1.29 is 9.53 Å². The van der Waals surface area contributed by atoms with Crippen LogP contribution in [0.15, 0.2) is 24.3 Å². The molecule has 19 heavy (non-hydrogen) atoms. The second-order valence-electron chi connectivity index (χ2n) is 5.97. The molecule has 1 spiro atoms. The van der Waals surface area contributed by atoms with Crippen LogP contribution in [0.2, 0.25) is 0 Å². The molecule has 2 saturated carbocycles. The summed E-state index contributed by atoms with van der Waals surface area (Å²) in [4.78, 5) is 12.6. The number of para-hydroxylation sites is 1. The van der Waals surface area contributed by atoms with Crippen molar-refractivity contribution >= 4 is 5.78 Å². The summed E-state index contributed by atoms with van der Waals surface area (Å²) in [6, 6.07) is 8.25. The molecule has 1 aromatic rings. The number of rotatable bonds is 2. The number of carbonyl (C=O) groups is 1. The van der Waals surface area contributed by atoms with Crippen LogP contribution < -0.4 is 4.74 Å². The Morgan fingerprint density at radius 2 is 1.95 bits per heavy atom. The molecule has 3 rings (SSSR count). The van der Waals surface area contributed by atoms with Gasteiger partial charge in [0, 0.05) is 17.8 Å². The summed E-state index contributed by atoms with van der Waals surface area (Å²) in [6.07, 6.45) is 7.53. The van der Waals surface area contributed by atoms with Gasteiger partial charge in [0.05, 0.1) is 7.11 Å². The molecule has 0 aromatic heterocycles. The number of hydrogen-bond donors (Lipinski definition) is 0. The van der Waals surface area contributed by atoms with E-state index in [0.717, 1.165) is 37.9 Å². The van der Waals surface area contributed by atoms with Gasteiger partial charge in [0.15, 0.2) is 0 Å². The Bertz CT molecular complexity index is 480. The Labute approximate surface area is 115 Å². The molecule has 0 N–H and O–H groups in total. The lowest BCUT2D eigenvalue weighted by atomic mass is 9.64. The minimum atomic E-state index is -0.0765. The fourth-order valence-electron chi connectivity index (χ4n) is 4.23. The molecule has 0 bridgehead atoms. The average Bonchev–Trinajstić information content (AvgIpc) is 2.87. The van der Waals surface area contributed by atoms with Gasteiger partial charge in [-0.15, -0.1) is 0 Å². The Morgan fingerprint density at radius 1 is 1.16 bits per heavy atom. The zero-order valence-corrected chi connectivity index (χ0v) is 11.7. The lowest BCUT2D eigenvalue weighted by Gasteiger charge is -2.38. The van der Waals surface area contributed by atoms with E-state index in [9.17, 15) is 4.79 Å². The summed E-state index contributed by atoms with van der Waals surface area (Å²) in [5.74, 6) is 1.83. The number of ether oxygens (including phenoxy) is 1. The van der Waals surface area contributed by atoms with Crippen molar-refractivity contribution in [2.45, 2.75) is 50.9 Å². The maximum absolute atomic E-state index is 12.6. The van der Waals surface area contributed by atoms with Crippen LogP contribution in [0.4, 0.5) is 0 Å². The first-order chi connectivity index (χ1) is 9.28. The van der Waals surface area contributed by atoms with Crippen LogP contribution in [0.25, 0.3) is 0 Å². The number of methoxy groups -OCH3 is 1. The molecule has 0 heterocycles. The summed E-state index contributed by atoms with van der Waals surface area (Å²) in [5.41, 5.74) is 1.17. The Morgan fingerprint density at radius 3 is 2.74 bits per heavy atom. The summed E-state index contributed by atoms with van der Waals surface area (Å²) in [6.45, 7) is 0. The molecule has 2 heteroatoms. The maximum atomic E-state index is 12.6. The summed E-state index contributed by atoms with van der Waals surface area (Å²) >= 11 is 0. The first-order valence-corrected chi connectivity index (χ1v) is 7.44. The average molecular weight is 258 g/mol. The van der Waals surface area contributed by atoms with Crippen LogP contribution >= 0.6 is 0 Å². The standard InChI is InChI=1S/C17H22O2/c1-19-15-9-3-2-7-13(15)14-8-6-12-17(14)11-5-4-10-16(17)18/h2-3,7,9,14H,4-6,8,10-12H2,1H3/t14-,17-/m0/s1. The molecule has 2 fully saturated rings. The van der Waals surface area contributed by atoms with E-state index in [2.05, 4.69) is 12.1 Å². The van der Waals surface area contributed by atoms with Crippen LogP contribution in [0, 0.1) is 5.41 Å². The highest BCUT2D eigenvalue weighted by Gasteiger charge is 2.50. The molecule has 1 aromatic carbocycles. The van der Waals surface area contributed by atoms with E-state index in [-0.39, 0.29) is 5.41 Å². The minimum absolute atomic E-state index is 0.0765. The van der Waals surface area contributed by atoms with Gasteiger partial charge in [-0.3, -0.25) is 4.79 Å². The van der Waals surface area contributed by atoms with Crippen LogP contribution in [-0.4, -0.2) is 12.9 Å². The van der Waals surface area contributed by atoms with Gasteiger partial charge < -0.3 is 4.74 Å². The summed E-state index contributed by atoms with van der Waals surface area (Å²) in [5, 5.41) is 0. The fraction of sp³-hybridized carbons (Fsp3) is 0.588. The van der Waals surface area contributed by atoms with Crippen LogP contribution in [-0.2, 0) is 4.79 Å². The van der Waals surface area contributed by atoms with Gasteiger partial charge in [-0.25, -0.2) is 0 Å². The highest BCUT2D eigenvalue weighted by Crippen LogP contribution is 2.56. The first kappa shape index (κ1) is 12.7. The van der Waals surface area contributed by atoms with Gasteiger partial charge in [-0.1, -0.05) is 31.0 Å². The highest BCUT2D eigenvalue weighted by atomic mass is 16.5. The van der Waals surface area contributed by atoms with Crippen molar-refractivity contribution in [2.75, 3.05) is 7.11 Å². The number of benzene rings is 1. The predicted molar refractivity (Wildman–Crippen MR) is 75.5 cm³/mol. The Hall–Kier alpha value is -1.31. The second kappa shape index (κ2) is 4.99. The summed E-state index contributed by atoms with van der Waals surface area (Å²) in [7, 11) is 1.73. The third-order valence-corrected chi connectivity index (χ3v) is 5.13. The van der Waals surface area contributed by atoms with Gasteiger partial charge >= 0.3 is 0 Å². The maximum Gasteiger partial charge on any atom is 0.139 e. The number of ketones is 1. The first-order valence-electron chi connectivity index (χ1n) is 7.44. The molecule has 0 aliphatic heterocycles. The van der Waals surface area contributed by atoms with E-state index in [4.69, 9.17) is 4.74 Å². The molecule has 0 amide bonds. The molecule has 2 atom stereocenters. The normalized spacial score (nSPS) is 30.8. The van der Waals surface area contributed by atoms with E-state index in [1.807, 2.05) is 12.1 Å². The Kier molecular flexibility index (Phi) is 3.34. The molecule has 0 saturated heterocycles. The largest absolute Gasteiger partial charge is 0.496 e. The van der Waals surface area contributed by atoms with E-state index in [1.54, 1.807) is 7.11 Å². The van der Waals surface area contributed by atoms with E-state index >= 15 is 0 Å². The molecule has 2 aliphatic rings. The SMILES string of the molecule is COc1ccccc1[C@@H]1CCC[C@@]12CCCCC2=O. The molecule has 102 valence electrons. The van der Waals surface area contributed by atoms with Crippen LogP contribution in [0.3, 0.4) is 0 Å². The van der Waals surface area contributed by atoms with E-state index in [1.165, 1.54) is 18.4 Å². The zero-order chi connectivity index (χ0) is 13.3. The highest BCUT2D eigenvalue weighted by molar-refractivity contribution is 5.87. The van der Waals surface area contributed by atoms with E-state index in [0.29, 0.717) is 11.7 Å². The van der Waals surface area contributed by atoms with Crippen molar-refractivity contribution in [2.24, 2.45) is 5.41 Å². The molecule has 2 nitrogen and oxygen atoms in total. The lowest BCUT2D eigenvalue weighted by Crippen LogP contribution is -2.36. The zero-order valence-electron chi connectivity index (χ0n) is 11.7. The molecule has 2 aliphatic carbocycles. The fourth-order valence-corrected chi connectivity index (χ4v) is 4.23. The number of carbonyl (C=O) groups excluding carboxylic acids is 1. The van der Waals surface area contributed by atoms with Crippen LogP contribution in [0.5, 0.6) is 5.75 Å². The van der Waals surface area contributed by atoms with Crippen molar-refractivity contribution in [1.82, 2.24) is 0 Å². The molecule has 0 radical (unpaired) electrons. The van der Waals surface area contributed by atoms with Gasteiger partial charge in [0.1, 0.15) is 11.5 Å². The van der Waals surface area contributed by atoms with E-state index < -0.39 is 0 Å². The van der Waals surface area contributed by atoms with Crippen molar-refractivity contribution in [3.05, 3.63) is 29.8 Å². The molecular weight excluding hydrogens is 236 g/mol. The third kappa shape index (κ3) is 1.98. The monoisotopic (exact) mass is 258 g/mol. The molecular formula is C17H22O2. The van der Waals surface area contributed by atoms with Gasteiger partial charge in [-0.2, -0.15) is 0 Å². The van der Waals surface area contributed by atoms with Gasteiger partial charge in [0.25, 0.3) is 0 Å². The minimum Gasteiger partial charge on any atom is -0.496 e. The smallest absolute Gasteiger partial charge is 0.139 e. The summed E-state index contributed by atoms with van der Waals surface area (Å²) < 4.78 is 5.52. The van der Waals surface area contributed by atoms with Crippen LogP contribution in [0.1, 0.15) is 56.4 Å². The topological polar surface area (TPSA) is 26.3 Å². The third-order valence-electron chi connectivity index (χ3n) is 5.13. The molecule has 0 unspecified atom stereocenters. The number of Topliss-reactive ketones (excluding diaryl/α,β-unsaturated/α-hetero) is 1. The van der Waals surface area contributed by atoms with Gasteiger partial charge in [0.2, 0.25) is 0 Å². The van der Waals surface area contributed by atoms with Crippen molar-refractivity contribution in [3.8, 4) is 5.75 Å². The van der Waals surface area contributed by atoms with Crippen molar-refractivity contribution in [3.63, 3.8) is 0 Å². The van der Waals surface area contributed by atoms with Gasteiger partial charge in [-0.05, 0) is 37.3 Å². The lowest BCUT2D eigenvalue weighted by molar-refractivity contribution is -0.132. The second-order valence-corrected chi connectivity index (χ2v) is 5.97. The number of hydrogen-bond acceptors (Lipinski definition) is 2. The predicted octanol–water partition coefficient (Wildman–Crippen LogP) is 4.09.